The van der Waals surface area contributed by atoms with Gasteiger partial charge >= 0.3 is 0 Å². The van der Waals surface area contributed by atoms with Crippen LogP contribution in [0.4, 0.5) is 0 Å². The van der Waals surface area contributed by atoms with Gasteiger partial charge in [-0.3, -0.25) is 4.90 Å². The molecule has 3 nitrogen and oxygen atoms in total. The van der Waals surface area contributed by atoms with Crippen molar-refractivity contribution in [3.05, 3.63) is 35.9 Å². The summed E-state index contributed by atoms with van der Waals surface area (Å²) in [4.78, 5) is 5.05. The first-order valence-electron chi connectivity index (χ1n) is 6.90. The summed E-state index contributed by atoms with van der Waals surface area (Å²) in [5, 5.41) is 3.22. The molecule has 0 saturated carbocycles. The van der Waals surface area contributed by atoms with Crippen molar-refractivity contribution in [2.45, 2.75) is 19.0 Å². The summed E-state index contributed by atoms with van der Waals surface area (Å²) < 4.78 is 0. The molecule has 1 saturated heterocycles. The molecule has 1 aliphatic heterocycles. The van der Waals surface area contributed by atoms with Gasteiger partial charge < -0.3 is 10.2 Å². The second kappa shape index (κ2) is 6.88. The van der Waals surface area contributed by atoms with Gasteiger partial charge in [0.15, 0.2) is 0 Å². The van der Waals surface area contributed by atoms with Crippen molar-refractivity contribution < 1.29 is 0 Å². The molecule has 1 N–H and O–H groups in total. The van der Waals surface area contributed by atoms with Gasteiger partial charge in [0, 0.05) is 38.8 Å². The van der Waals surface area contributed by atoms with Crippen molar-refractivity contribution in [2.24, 2.45) is 0 Å². The zero-order chi connectivity index (χ0) is 12.8. The fourth-order valence-corrected chi connectivity index (χ4v) is 2.63. The molecule has 1 aliphatic rings. The Hall–Kier alpha value is -0.900. The van der Waals surface area contributed by atoms with Gasteiger partial charge in [-0.25, -0.2) is 0 Å². The minimum atomic E-state index is 0.724. The molecule has 1 heterocycles. The number of nitrogens with one attached hydrogen (secondary N) is 1. The molecule has 2 rings (SSSR count). The summed E-state index contributed by atoms with van der Waals surface area (Å²) in [6.45, 7) is 5.74. The van der Waals surface area contributed by atoms with Crippen LogP contribution in [0.2, 0.25) is 0 Å². The molecule has 1 atom stereocenters. The average Bonchev–Trinajstić information content (AvgIpc) is 2.86. The molecular weight excluding hydrogens is 222 g/mol. The molecule has 0 aliphatic carbocycles. The molecule has 0 amide bonds. The van der Waals surface area contributed by atoms with Crippen LogP contribution in [-0.4, -0.2) is 56.1 Å². The third-order valence-electron chi connectivity index (χ3n) is 3.83. The van der Waals surface area contributed by atoms with Crippen LogP contribution in [0.5, 0.6) is 0 Å². The maximum absolute atomic E-state index is 3.22. The van der Waals surface area contributed by atoms with Gasteiger partial charge in [-0.1, -0.05) is 30.3 Å². The lowest BCUT2D eigenvalue weighted by Crippen LogP contribution is -2.38. The first kappa shape index (κ1) is 13.5. The van der Waals surface area contributed by atoms with E-state index < -0.39 is 0 Å². The second-order valence-corrected chi connectivity index (χ2v) is 5.25. The molecule has 18 heavy (non-hydrogen) atoms. The summed E-state index contributed by atoms with van der Waals surface area (Å²) in [7, 11) is 4.26. The van der Waals surface area contributed by atoms with E-state index in [-0.39, 0.29) is 0 Å². The zero-order valence-electron chi connectivity index (χ0n) is 11.6. The Bertz CT molecular complexity index is 339. The van der Waals surface area contributed by atoms with E-state index in [9.17, 15) is 0 Å². The van der Waals surface area contributed by atoms with Crippen molar-refractivity contribution >= 4 is 0 Å². The highest BCUT2D eigenvalue weighted by Gasteiger charge is 2.25. The topological polar surface area (TPSA) is 18.5 Å². The summed E-state index contributed by atoms with van der Waals surface area (Å²) >= 11 is 0. The number of benzene rings is 1. The molecule has 100 valence electrons. The summed E-state index contributed by atoms with van der Waals surface area (Å²) in [6, 6.07) is 11.5. The Labute approximate surface area is 111 Å². The molecule has 0 radical (unpaired) electrons. The number of nitrogens with zero attached hydrogens (tertiary/aromatic N) is 2. The van der Waals surface area contributed by atoms with E-state index in [1.165, 1.54) is 25.1 Å². The zero-order valence-corrected chi connectivity index (χ0v) is 11.6. The van der Waals surface area contributed by atoms with Crippen LogP contribution in [0.15, 0.2) is 30.3 Å². The van der Waals surface area contributed by atoms with E-state index in [4.69, 9.17) is 0 Å². The first-order valence-corrected chi connectivity index (χ1v) is 6.90. The van der Waals surface area contributed by atoms with E-state index in [2.05, 4.69) is 52.5 Å². The second-order valence-electron chi connectivity index (χ2n) is 5.25. The number of rotatable bonds is 6. The highest BCUT2D eigenvalue weighted by atomic mass is 15.2. The minimum Gasteiger partial charge on any atom is -0.318 e. The van der Waals surface area contributed by atoms with Gasteiger partial charge in [0.1, 0.15) is 0 Å². The predicted octanol–water partition coefficient (Wildman–Crippen LogP) is 1.41. The maximum atomic E-state index is 3.22. The Morgan fingerprint density at radius 3 is 2.83 bits per heavy atom. The lowest BCUT2D eigenvalue weighted by molar-refractivity contribution is 0.231. The highest BCUT2D eigenvalue weighted by molar-refractivity contribution is 5.14. The van der Waals surface area contributed by atoms with Crippen molar-refractivity contribution in [1.82, 2.24) is 15.1 Å². The van der Waals surface area contributed by atoms with Crippen LogP contribution in [0.25, 0.3) is 0 Å². The lowest BCUT2D eigenvalue weighted by atomic mass is 10.2. The molecule has 1 unspecified atom stereocenters. The molecular formula is C15H25N3. The fraction of sp³-hybridized carbons (Fsp3) is 0.600. The van der Waals surface area contributed by atoms with Gasteiger partial charge in [-0.15, -0.1) is 0 Å². The van der Waals surface area contributed by atoms with E-state index in [1.807, 2.05) is 7.05 Å². The number of hydrogen-bond acceptors (Lipinski definition) is 3. The van der Waals surface area contributed by atoms with E-state index >= 15 is 0 Å². The van der Waals surface area contributed by atoms with Gasteiger partial charge in [0.25, 0.3) is 0 Å². The van der Waals surface area contributed by atoms with Gasteiger partial charge in [-0.2, -0.15) is 0 Å². The van der Waals surface area contributed by atoms with Gasteiger partial charge in [-0.05, 0) is 26.1 Å². The standard InChI is InChI=1S/C15H25N3/c1-16-9-11-17(2)15-8-10-18(13-15)12-14-6-4-3-5-7-14/h3-7,15-16H,8-13H2,1-2H3. The van der Waals surface area contributed by atoms with Crippen LogP contribution in [0.3, 0.4) is 0 Å². The quantitative estimate of drug-likeness (QED) is 0.820. The van der Waals surface area contributed by atoms with Crippen LogP contribution in [-0.2, 0) is 6.54 Å². The van der Waals surface area contributed by atoms with Gasteiger partial charge in [0.05, 0.1) is 0 Å². The van der Waals surface area contributed by atoms with Crippen molar-refractivity contribution in [3.8, 4) is 0 Å². The summed E-state index contributed by atoms with van der Waals surface area (Å²) in [6.07, 6.45) is 1.30. The smallest absolute Gasteiger partial charge is 0.0234 e. The van der Waals surface area contributed by atoms with E-state index in [1.54, 1.807) is 0 Å². The Kier molecular flexibility index (Phi) is 5.17. The molecule has 1 aromatic rings. The Balaban J connectivity index is 1.78. The fourth-order valence-electron chi connectivity index (χ4n) is 2.63. The SMILES string of the molecule is CNCCN(C)C1CCN(Cc2ccccc2)C1. The molecule has 1 aromatic carbocycles. The maximum Gasteiger partial charge on any atom is 0.0234 e. The average molecular weight is 247 g/mol. The van der Waals surface area contributed by atoms with E-state index in [0.29, 0.717) is 0 Å². The highest BCUT2D eigenvalue weighted by Crippen LogP contribution is 2.16. The molecule has 3 heteroatoms. The van der Waals surface area contributed by atoms with Crippen molar-refractivity contribution in [1.29, 1.82) is 0 Å². The van der Waals surface area contributed by atoms with Crippen molar-refractivity contribution in [3.63, 3.8) is 0 Å². The molecule has 0 aromatic heterocycles. The lowest BCUT2D eigenvalue weighted by Gasteiger charge is -2.24. The number of likely N-dealkylation sites (N-methyl/N-ethyl adjacent to an activating group) is 2. The molecule has 0 spiro atoms. The third-order valence-corrected chi connectivity index (χ3v) is 3.83. The first-order chi connectivity index (χ1) is 8.79. The van der Waals surface area contributed by atoms with Crippen LogP contribution in [0.1, 0.15) is 12.0 Å². The summed E-state index contributed by atoms with van der Waals surface area (Å²) in [5.74, 6) is 0. The monoisotopic (exact) mass is 247 g/mol. The van der Waals surface area contributed by atoms with Crippen LogP contribution in [0, 0.1) is 0 Å². The molecule has 0 bridgehead atoms. The van der Waals surface area contributed by atoms with E-state index in [0.717, 1.165) is 25.7 Å². The number of hydrogen-bond donors (Lipinski definition) is 1. The van der Waals surface area contributed by atoms with Crippen LogP contribution < -0.4 is 5.32 Å². The van der Waals surface area contributed by atoms with Crippen LogP contribution >= 0.6 is 0 Å². The number of likely N-dealkylation sites (tertiary alicyclic amines) is 1. The largest absolute Gasteiger partial charge is 0.318 e. The Morgan fingerprint density at radius 1 is 1.33 bits per heavy atom. The Morgan fingerprint density at radius 2 is 2.11 bits per heavy atom. The summed E-state index contributed by atoms with van der Waals surface area (Å²) in [5.41, 5.74) is 1.43. The molecule has 1 fully saturated rings. The normalized spacial score (nSPS) is 20.7. The minimum absolute atomic E-state index is 0.724. The van der Waals surface area contributed by atoms with Gasteiger partial charge in [0.2, 0.25) is 0 Å². The van der Waals surface area contributed by atoms with Crippen molar-refractivity contribution in [2.75, 3.05) is 40.3 Å². The third kappa shape index (κ3) is 3.80. The predicted molar refractivity (Wildman–Crippen MR) is 76.7 cm³/mol.